The van der Waals surface area contributed by atoms with E-state index in [1.807, 2.05) is 49.5 Å². The van der Waals surface area contributed by atoms with Gasteiger partial charge in [0, 0.05) is 39.8 Å². The first-order valence-electron chi connectivity index (χ1n) is 9.96. The molecule has 0 radical (unpaired) electrons. The van der Waals surface area contributed by atoms with Crippen molar-refractivity contribution in [3.8, 4) is 11.5 Å². The van der Waals surface area contributed by atoms with E-state index in [1.54, 1.807) is 28.3 Å². The van der Waals surface area contributed by atoms with Gasteiger partial charge in [0.1, 0.15) is 0 Å². The second-order valence-electron chi connectivity index (χ2n) is 6.86. The van der Waals surface area contributed by atoms with E-state index in [9.17, 15) is 4.79 Å². The monoisotopic (exact) mass is 412 g/mol. The van der Waals surface area contributed by atoms with Crippen LogP contribution in [-0.4, -0.2) is 65.2 Å². The lowest BCUT2D eigenvalue weighted by Gasteiger charge is -2.22. The Morgan fingerprint density at radius 2 is 1.77 bits per heavy atom. The lowest BCUT2D eigenvalue weighted by molar-refractivity contribution is 0.0963. The van der Waals surface area contributed by atoms with Crippen LogP contribution in [-0.2, 0) is 12.8 Å². The Bertz CT molecular complexity index is 867. The first-order valence-corrected chi connectivity index (χ1v) is 9.96. The van der Waals surface area contributed by atoms with Crippen LogP contribution in [0.3, 0.4) is 0 Å². The fourth-order valence-corrected chi connectivity index (χ4v) is 3.15. The molecule has 0 aliphatic heterocycles. The number of amides is 1. The van der Waals surface area contributed by atoms with Gasteiger partial charge in [-0.05, 0) is 48.2 Å². The van der Waals surface area contributed by atoms with Gasteiger partial charge in [0.05, 0.1) is 14.2 Å². The van der Waals surface area contributed by atoms with E-state index in [1.165, 1.54) is 5.56 Å². The van der Waals surface area contributed by atoms with Gasteiger partial charge in [-0.1, -0.05) is 18.2 Å². The van der Waals surface area contributed by atoms with Gasteiger partial charge in [-0.3, -0.25) is 9.79 Å². The van der Waals surface area contributed by atoms with Crippen LogP contribution in [0.25, 0.3) is 0 Å². The number of rotatable bonds is 9. The van der Waals surface area contributed by atoms with Crippen LogP contribution in [0.5, 0.6) is 11.5 Å². The quantitative estimate of drug-likeness (QED) is 0.489. The number of carbonyl (C=O) groups is 1. The van der Waals surface area contributed by atoms with Crippen molar-refractivity contribution in [1.29, 1.82) is 0 Å². The maximum absolute atomic E-state index is 11.8. The average Bonchev–Trinajstić information content (AvgIpc) is 2.79. The van der Waals surface area contributed by atoms with E-state index in [0.717, 1.165) is 49.0 Å². The fraction of sp³-hybridized carbons (Fsp3) is 0.391. The smallest absolute Gasteiger partial charge is 0.251 e. The number of ether oxygens (including phenoxy) is 2. The van der Waals surface area contributed by atoms with Crippen LogP contribution in [0, 0.1) is 0 Å². The first-order chi connectivity index (χ1) is 14.5. The molecule has 0 aliphatic rings. The van der Waals surface area contributed by atoms with E-state index in [0.29, 0.717) is 5.56 Å². The van der Waals surface area contributed by atoms with Crippen molar-refractivity contribution in [3.63, 3.8) is 0 Å². The summed E-state index contributed by atoms with van der Waals surface area (Å²) >= 11 is 0. The molecule has 7 heteroatoms. The summed E-state index contributed by atoms with van der Waals surface area (Å²) in [5, 5.41) is 6.04. The van der Waals surface area contributed by atoms with Gasteiger partial charge in [0.25, 0.3) is 5.91 Å². The lowest BCUT2D eigenvalue weighted by atomic mass is 10.1. The molecule has 0 bridgehead atoms. The molecule has 0 saturated heterocycles. The van der Waals surface area contributed by atoms with Crippen molar-refractivity contribution in [2.45, 2.75) is 12.8 Å². The minimum atomic E-state index is -0.0736. The molecule has 2 rings (SSSR count). The first kappa shape index (κ1) is 23.1. The third kappa shape index (κ3) is 6.40. The molecule has 0 aliphatic carbocycles. The Morgan fingerprint density at radius 1 is 1.03 bits per heavy atom. The van der Waals surface area contributed by atoms with Crippen LogP contribution in [0.4, 0.5) is 0 Å². The highest BCUT2D eigenvalue weighted by Crippen LogP contribution is 2.27. The molecule has 1 amide bonds. The molecule has 0 fully saturated rings. The van der Waals surface area contributed by atoms with Gasteiger partial charge >= 0.3 is 0 Å². The molecule has 0 spiro atoms. The Labute approximate surface area is 179 Å². The molecule has 7 nitrogen and oxygen atoms in total. The van der Waals surface area contributed by atoms with Crippen LogP contribution in [0.1, 0.15) is 21.5 Å². The summed E-state index contributed by atoms with van der Waals surface area (Å²) in [7, 11) is 8.71. The van der Waals surface area contributed by atoms with Gasteiger partial charge in [-0.2, -0.15) is 0 Å². The number of carbonyl (C=O) groups excluding carboxylic acids is 1. The molecule has 30 heavy (non-hydrogen) atoms. The number of nitrogens with one attached hydrogen (secondary N) is 2. The number of likely N-dealkylation sites (N-methyl/N-ethyl adjacent to an activating group) is 1. The summed E-state index contributed by atoms with van der Waals surface area (Å²) in [6, 6.07) is 13.6. The predicted molar refractivity (Wildman–Crippen MR) is 121 cm³/mol. The van der Waals surface area contributed by atoms with E-state index in [4.69, 9.17) is 9.47 Å². The van der Waals surface area contributed by atoms with Crippen molar-refractivity contribution in [2.75, 3.05) is 48.5 Å². The zero-order valence-electron chi connectivity index (χ0n) is 18.5. The molecule has 2 aromatic rings. The Morgan fingerprint density at radius 3 is 2.43 bits per heavy atom. The highest BCUT2D eigenvalue weighted by Gasteiger charge is 2.09. The van der Waals surface area contributed by atoms with Gasteiger partial charge < -0.3 is 25.0 Å². The number of nitrogens with zero attached hydrogens (tertiary/aromatic N) is 2. The second kappa shape index (κ2) is 11.7. The second-order valence-corrected chi connectivity index (χ2v) is 6.86. The lowest BCUT2D eigenvalue weighted by Crippen LogP contribution is -2.40. The zero-order valence-corrected chi connectivity index (χ0v) is 18.5. The van der Waals surface area contributed by atoms with Crippen molar-refractivity contribution in [3.05, 3.63) is 59.2 Å². The third-order valence-electron chi connectivity index (χ3n) is 4.87. The van der Waals surface area contributed by atoms with E-state index < -0.39 is 0 Å². The number of hydrogen-bond donors (Lipinski definition) is 2. The van der Waals surface area contributed by atoms with Gasteiger partial charge in [-0.15, -0.1) is 0 Å². The fourth-order valence-electron chi connectivity index (χ4n) is 3.15. The summed E-state index contributed by atoms with van der Waals surface area (Å²) in [5.74, 6) is 2.22. The molecule has 162 valence electrons. The molecular weight excluding hydrogens is 380 g/mol. The molecule has 0 heterocycles. The largest absolute Gasteiger partial charge is 0.493 e. The van der Waals surface area contributed by atoms with Gasteiger partial charge in [0.2, 0.25) is 0 Å². The minimum absolute atomic E-state index is 0.0736. The van der Waals surface area contributed by atoms with E-state index in [2.05, 4.69) is 20.5 Å². The summed E-state index contributed by atoms with van der Waals surface area (Å²) in [5.41, 5.74) is 2.94. The van der Waals surface area contributed by atoms with Crippen molar-refractivity contribution >= 4 is 11.9 Å². The van der Waals surface area contributed by atoms with E-state index >= 15 is 0 Å². The summed E-state index contributed by atoms with van der Waals surface area (Å²) in [6.07, 6.45) is 1.65. The van der Waals surface area contributed by atoms with Crippen LogP contribution in [0.15, 0.2) is 47.5 Å². The molecule has 2 aromatic carbocycles. The highest BCUT2D eigenvalue weighted by molar-refractivity contribution is 5.94. The predicted octanol–water partition coefficient (Wildman–Crippen LogP) is 2.36. The normalized spacial score (nSPS) is 11.0. The maximum atomic E-state index is 11.8. The SMILES string of the molecule is CN=C(NCCc1cccc(C(=O)NC)c1)N(C)CCc1ccc(OC)c(OC)c1. The van der Waals surface area contributed by atoms with Gasteiger partial charge in [-0.25, -0.2) is 0 Å². The molecule has 0 atom stereocenters. The standard InChI is InChI=1S/C23H32N4O3/c1-24-22(28)19-8-6-7-17(15-19)11-13-26-23(25-2)27(3)14-12-18-9-10-20(29-4)21(16-18)30-5/h6-10,15-16H,11-14H2,1-5H3,(H,24,28)(H,25,26). The van der Waals surface area contributed by atoms with Crippen molar-refractivity contribution in [2.24, 2.45) is 4.99 Å². The van der Waals surface area contributed by atoms with Crippen LogP contribution in [0.2, 0.25) is 0 Å². The van der Waals surface area contributed by atoms with Crippen molar-refractivity contribution < 1.29 is 14.3 Å². The number of methoxy groups -OCH3 is 2. The number of guanidine groups is 1. The Kier molecular flexibility index (Phi) is 9.00. The third-order valence-corrected chi connectivity index (χ3v) is 4.87. The maximum Gasteiger partial charge on any atom is 0.251 e. The van der Waals surface area contributed by atoms with Crippen LogP contribution >= 0.6 is 0 Å². The number of hydrogen-bond acceptors (Lipinski definition) is 4. The van der Waals surface area contributed by atoms with E-state index in [-0.39, 0.29) is 5.91 Å². The Balaban J connectivity index is 1.87. The zero-order chi connectivity index (χ0) is 21.9. The van der Waals surface area contributed by atoms with Crippen molar-refractivity contribution in [1.82, 2.24) is 15.5 Å². The Hall–Kier alpha value is -3.22. The van der Waals surface area contributed by atoms with Gasteiger partial charge in [0.15, 0.2) is 17.5 Å². The molecule has 2 N–H and O–H groups in total. The topological polar surface area (TPSA) is 75.2 Å². The summed E-state index contributed by atoms with van der Waals surface area (Å²) in [6.45, 7) is 1.53. The average molecular weight is 413 g/mol. The number of benzene rings is 2. The highest BCUT2D eigenvalue weighted by atomic mass is 16.5. The summed E-state index contributed by atoms with van der Waals surface area (Å²) in [4.78, 5) is 18.3. The molecule has 0 aromatic heterocycles. The molecule has 0 saturated carbocycles. The number of aliphatic imine (C=N–C) groups is 1. The molecular formula is C23H32N4O3. The minimum Gasteiger partial charge on any atom is -0.493 e. The molecule has 0 unspecified atom stereocenters. The summed E-state index contributed by atoms with van der Waals surface area (Å²) < 4.78 is 10.7. The van der Waals surface area contributed by atoms with Crippen LogP contribution < -0.4 is 20.1 Å².